The molecule has 0 saturated heterocycles. The Balaban J connectivity index is 1.32. The average molecular weight is 453 g/mol. The molecule has 0 aliphatic rings. The largest absolute Gasteiger partial charge is 0.497 e. The van der Waals surface area contributed by atoms with Gasteiger partial charge in [0.15, 0.2) is 6.61 Å². The van der Waals surface area contributed by atoms with Crippen LogP contribution >= 0.6 is 0 Å². The maximum atomic E-state index is 12.5. The summed E-state index contributed by atoms with van der Waals surface area (Å²) in [7, 11) is 1.59. The number of carbonyl (C=O) groups is 2. The molecule has 4 aromatic rings. The molecule has 4 aromatic carbocycles. The highest BCUT2D eigenvalue weighted by molar-refractivity contribution is 6.04. The van der Waals surface area contributed by atoms with Crippen LogP contribution in [-0.4, -0.2) is 25.5 Å². The van der Waals surface area contributed by atoms with Crippen LogP contribution in [-0.2, 0) is 4.79 Å². The Kier molecular flexibility index (Phi) is 7.20. The molecule has 6 heteroatoms. The summed E-state index contributed by atoms with van der Waals surface area (Å²) in [6.07, 6.45) is 0. The van der Waals surface area contributed by atoms with Crippen molar-refractivity contribution >= 4 is 23.2 Å². The molecule has 0 fully saturated rings. The van der Waals surface area contributed by atoms with Crippen LogP contribution in [0.25, 0.3) is 11.1 Å². The van der Waals surface area contributed by atoms with E-state index >= 15 is 0 Å². The number of hydrogen-bond acceptors (Lipinski definition) is 4. The van der Waals surface area contributed by atoms with Crippen LogP contribution in [0.2, 0.25) is 0 Å². The first-order valence-corrected chi connectivity index (χ1v) is 10.7. The lowest BCUT2D eigenvalue weighted by Crippen LogP contribution is -2.20. The van der Waals surface area contributed by atoms with E-state index < -0.39 is 0 Å². The molecular weight excluding hydrogens is 428 g/mol. The molecule has 0 atom stereocenters. The van der Waals surface area contributed by atoms with Crippen LogP contribution in [0, 0.1) is 0 Å². The zero-order valence-corrected chi connectivity index (χ0v) is 18.7. The molecule has 2 amide bonds. The van der Waals surface area contributed by atoms with Gasteiger partial charge in [-0.15, -0.1) is 0 Å². The van der Waals surface area contributed by atoms with Gasteiger partial charge in [-0.3, -0.25) is 9.59 Å². The maximum Gasteiger partial charge on any atom is 0.262 e. The van der Waals surface area contributed by atoms with Crippen molar-refractivity contribution in [1.29, 1.82) is 0 Å². The lowest BCUT2D eigenvalue weighted by Gasteiger charge is -2.12. The number of nitrogens with one attached hydrogen (secondary N) is 2. The minimum atomic E-state index is -0.293. The first-order valence-electron chi connectivity index (χ1n) is 10.7. The zero-order chi connectivity index (χ0) is 23.8. The van der Waals surface area contributed by atoms with Crippen LogP contribution in [0.5, 0.6) is 11.5 Å². The molecule has 0 bridgehead atoms. The van der Waals surface area contributed by atoms with Crippen molar-refractivity contribution in [3.8, 4) is 22.6 Å². The monoisotopic (exact) mass is 452 g/mol. The zero-order valence-electron chi connectivity index (χ0n) is 18.7. The van der Waals surface area contributed by atoms with Crippen molar-refractivity contribution in [2.24, 2.45) is 0 Å². The number of benzene rings is 4. The molecule has 0 spiro atoms. The predicted molar refractivity (Wildman–Crippen MR) is 133 cm³/mol. The van der Waals surface area contributed by atoms with E-state index in [0.717, 1.165) is 11.1 Å². The van der Waals surface area contributed by atoms with E-state index in [0.29, 0.717) is 28.4 Å². The van der Waals surface area contributed by atoms with E-state index in [1.165, 1.54) is 0 Å². The normalized spacial score (nSPS) is 10.3. The second-order valence-electron chi connectivity index (χ2n) is 7.46. The average Bonchev–Trinajstić information content (AvgIpc) is 2.89. The standard InChI is InChI=1S/C28H24N2O4/c1-33-24-17-15-23(16-18-24)30-28(32)21-11-13-22(14-12-21)29-27(31)19-34-26-10-6-5-9-25(26)20-7-3-2-4-8-20/h2-18H,19H2,1H3,(H,29,31)(H,30,32). The third kappa shape index (κ3) is 5.81. The Bertz CT molecular complexity index is 1250. The van der Waals surface area contributed by atoms with Crippen LogP contribution < -0.4 is 20.1 Å². The highest BCUT2D eigenvalue weighted by Gasteiger charge is 2.10. The van der Waals surface area contributed by atoms with Gasteiger partial charge in [-0.1, -0.05) is 48.5 Å². The topological polar surface area (TPSA) is 76.7 Å². The second-order valence-corrected chi connectivity index (χ2v) is 7.46. The second kappa shape index (κ2) is 10.8. The summed E-state index contributed by atoms with van der Waals surface area (Å²) in [4.78, 5) is 24.9. The number of hydrogen-bond donors (Lipinski definition) is 2. The molecule has 6 nitrogen and oxygen atoms in total. The number of para-hydroxylation sites is 1. The number of rotatable bonds is 8. The first-order chi connectivity index (χ1) is 16.6. The number of amides is 2. The molecular formula is C28H24N2O4. The molecule has 0 aromatic heterocycles. The van der Waals surface area contributed by atoms with Gasteiger partial charge < -0.3 is 20.1 Å². The Morgan fingerprint density at radius 3 is 2.03 bits per heavy atom. The molecule has 2 N–H and O–H groups in total. The molecule has 0 aliphatic carbocycles. The van der Waals surface area contributed by atoms with Crippen molar-refractivity contribution in [2.45, 2.75) is 0 Å². The summed E-state index contributed by atoms with van der Waals surface area (Å²) < 4.78 is 10.9. The molecule has 0 heterocycles. The van der Waals surface area contributed by atoms with E-state index in [-0.39, 0.29) is 18.4 Å². The fourth-order valence-electron chi connectivity index (χ4n) is 3.37. The Morgan fingerprint density at radius 1 is 0.706 bits per heavy atom. The summed E-state index contributed by atoms with van der Waals surface area (Å²) in [5.74, 6) is 0.808. The lowest BCUT2D eigenvalue weighted by atomic mass is 10.1. The van der Waals surface area contributed by atoms with E-state index in [4.69, 9.17) is 9.47 Å². The molecule has 0 aliphatic heterocycles. The molecule has 0 saturated carbocycles. The summed E-state index contributed by atoms with van der Waals surface area (Å²) in [6.45, 7) is -0.135. The van der Waals surface area contributed by atoms with E-state index in [2.05, 4.69) is 10.6 Å². The van der Waals surface area contributed by atoms with Gasteiger partial charge in [-0.25, -0.2) is 0 Å². The smallest absolute Gasteiger partial charge is 0.262 e. The summed E-state index contributed by atoms with van der Waals surface area (Å²) in [5.41, 5.74) is 3.65. The molecule has 170 valence electrons. The van der Waals surface area contributed by atoms with Gasteiger partial charge in [0.2, 0.25) is 0 Å². The molecule has 34 heavy (non-hydrogen) atoms. The minimum Gasteiger partial charge on any atom is -0.497 e. The van der Waals surface area contributed by atoms with Gasteiger partial charge in [-0.05, 0) is 60.2 Å². The molecule has 0 unspecified atom stereocenters. The number of carbonyl (C=O) groups excluding carboxylic acids is 2. The van der Waals surface area contributed by atoms with Crippen molar-refractivity contribution in [1.82, 2.24) is 0 Å². The Hall–Kier alpha value is -4.58. The molecule has 4 rings (SSSR count). The highest BCUT2D eigenvalue weighted by Crippen LogP contribution is 2.29. The van der Waals surface area contributed by atoms with Gasteiger partial charge in [0, 0.05) is 22.5 Å². The van der Waals surface area contributed by atoms with E-state index in [9.17, 15) is 9.59 Å². The van der Waals surface area contributed by atoms with E-state index in [1.807, 2.05) is 54.6 Å². The summed E-state index contributed by atoms with van der Waals surface area (Å²) in [6, 6.07) is 31.2. The predicted octanol–water partition coefficient (Wildman–Crippen LogP) is 5.63. The van der Waals surface area contributed by atoms with Crippen LogP contribution in [0.15, 0.2) is 103 Å². The van der Waals surface area contributed by atoms with E-state index in [1.54, 1.807) is 55.6 Å². The quantitative estimate of drug-likeness (QED) is 0.363. The minimum absolute atomic E-state index is 0.135. The third-order valence-corrected chi connectivity index (χ3v) is 5.11. The third-order valence-electron chi connectivity index (χ3n) is 5.11. The number of anilines is 2. The van der Waals surface area contributed by atoms with Gasteiger partial charge in [0.25, 0.3) is 11.8 Å². The first kappa shape index (κ1) is 22.6. The van der Waals surface area contributed by atoms with Crippen molar-refractivity contribution in [3.05, 3.63) is 109 Å². The molecule has 0 radical (unpaired) electrons. The Morgan fingerprint density at radius 2 is 1.32 bits per heavy atom. The van der Waals surface area contributed by atoms with Gasteiger partial charge in [-0.2, -0.15) is 0 Å². The van der Waals surface area contributed by atoms with Gasteiger partial charge in [0.05, 0.1) is 7.11 Å². The number of ether oxygens (including phenoxy) is 2. The van der Waals surface area contributed by atoms with Crippen molar-refractivity contribution < 1.29 is 19.1 Å². The van der Waals surface area contributed by atoms with Gasteiger partial charge in [0.1, 0.15) is 11.5 Å². The van der Waals surface area contributed by atoms with Crippen LogP contribution in [0.3, 0.4) is 0 Å². The maximum absolute atomic E-state index is 12.5. The number of methoxy groups -OCH3 is 1. The summed E-state index contributed by atoms with van der Waals surface area (Å²) in [5, 5.41) is 5.62. The summed E-state index contributed by atoms with van der Waals surface area (Å²) >= 11 is 0. The lowest BCUT2D eigenvalue weighted by molar-refractivity contribution is -0.118. The SMILES string of the molecule is COc1ccc(NC(=O)c2ccc(NC(=O)COc3ccccc3-c3ccccc3)cc2)cc1. The fourth-order valence-corrected chi connectivity index (χ4v) is 3.37. The Labute approximate surface area is 198 Å². The van der Waals surface area contributed by atoms with Crippen molar-refractivity contribution in [2.75, 3.05) is 24.4 Å². The van der Waals surface area contributed by atoms with Gasteiger partial charge >= 0.3 is 0 Å². The van der Waals surface area contributed by atoms with Crippen molar-refractivity contribution in [3.63, 3.8) is 0 Å². The fraction of sp³-hybridized carbons (Fsp3) is 0.0714. The van der Waals surface area contributed by atoms with Crippen LogP contribution in [0.4, 0.5) is 11.4 Å². The highest BCUT2D eigenvalue weighted by atomic mass is 16.5. The van der Waals surface area contributed by atoms with Crippen LogP contribution in [0.1, 0.15) is 10.4 Å².